The zero-order valence-electron chi connectivity index (χ0n) is 23.5. The van der Waals surface area contributed by atoms with Crippen LogP contribution in [-0.2, 0) is 20.9 Å². The van der Waals surface area contributed by atoms with Gasteiger partial charge in [-0.25, -0.2) is 4.98 Å². The van der Waals surface area contributed by atoms with Crippen molar-refractivity contribution in [1.82, 2.24) is 10.3 Å². The highest BCUT2D eigenvalue weighted by Gasteiger charge is 2.25. The number of nitrogens with one attached hydrogen (secondary N) is 1. The molecule has 2 aliphatic rings. The first-order valence-corrected chi connectivity index (χ1v) is 14.6. The average molecular weight is 575 g/mol. The molecule has 9 heteroatoms. The first-order valence-electron chi connectivity index (χ1n) is 13.8. The highest BCUT2D eigenvalue weighted by atomic mass is 32.2. The molecule has 5 rings (SSSR count). The van der Waals surface area contributed by atoms with E-state index in [0.29, 0.717) is 36.4 Å². The van der Waals surface area contributed by atoms with Crippen molar-refractivity contribution >= 4 is 29.0 Å². The van der Waals surface area contributed by atoms with Crippen molar-refractivity contribution in [3.8, 4) is 22.8 Å². The number of carbonyl (C=O) groups is 2. The summed E-state index contributed by atoms with van der Waals surface area (Å²) in [6.07, 6.45) is 4.74. The summed E-state index contributed by atoms with van der Waals surface area (Å²) in [7, 11) is 0. The number of benzene rings is 2. The van der Waals surface area contributed by atoms with Gasteiger partial charge in [-0.1, -0.05) is 30.3 Å². The zero-order chi connectivity index (χ0) is 28.8. The molecule has 8 nitrogen and oxygen atoms in total. The Hall–Kier alpha value is -3.66. The number of aromatic nitrogens is 1. The topological polar surface area (TPSA) is 96.0 Å². The van der Waals surface area contributed by atoms with Crippen LogP contribution in [0.3, 0.4) is 0 Å². The Kier molecular flexibility index (Phi) is 9.38. The smallest absolute Gasteiger partial charge is 0.290 e. The van der Waals surface area contributed by atoms with E-state index in [1.165, 1.54) is 0 Å². The predicted molar refractivity (Wildman–Crippen MR) is 159 cm³/mol. The van der Waals surface area contributed by atoms with Crippen molar-refractivity contribution in [2.75, 3.05) is 19.8 Å². The van der Waals surface area contributed by atoms with Crippen LogP contribution in [-0.4, -0.2) is 42.2 Å². The number of carbonyl (C=O) groups excluding carboxylic acids is 2. The molecule has 1 unspecified atom stereocenters. The van der Waals surface area contributed by atoms with E-state index in [9.17, 15) is 9.59 Å². The molecular weight excluding hydrogens is 540 g/mol. The Labute approximate surface area is 244 Å². The van der Waals surface area contributed by atoms with Gasteiger partial charge >= 0.3 is 0 Å². The normalized spacial score (nSPS) is 18.0. The first kappa shape index (κ1) is 28.9. The highest BCUT2D eigenvalue weighted by Crippen LogP contribution is 2.33. The number of rotatable bonds is 10. The molecule has 2 aliphatic heterocycles. The molecule has 41 heavy (non-hydrogen) atoms. The van der Waals surface area contributed by atoms with Crippen molar-refractivity contribution in [3.05, 3.63) is 81.4 Å². The number of hydrogen-bond donors (Lipinski definition) is 1. The van der Waals surface area contributed by atoms with Gasteiger partial charge in [0.25, 0.3) is 11.1 Å². The molecule has 1 aromatic heterocycles. The third kappa shape index (κ3) is 7.35. The minimum Gasteiger partial charge on any atom is -0.489 e. The van der Waals surface area contributed by atoms with E-state index in [1.54, 1.807) is 6.08 Å². The third-order valence-electron chi connectivity index (χ3n) is 7.08. The Balaban J connectivity index is 1.21. The van der Waals surface area contributed by atoms with Gasteiger partial charge in [-0.3, -0.25) is 14.9 Å². The van der Waals surface area contributed by atoms with Gasteiger partial charge in [0.1, 0.15) is 19.0 Å². The molecule has 0 aliphatic carbocycles. The molecule has 3 heterocycles. The molecule has 1 N–H and O–H groups in total. The van der Waals surface area contributed by atoms with E-state index in [-0.39, 0.29) is 17.4 Å². The quantitative estimate of drug-likeness (QED) is 0.217. The van der Waals surface area contributed by atoms with Crippen LogP contribution in [0.4, 0.5) is 4.79 Å². The summed E-state index contributed by atoms with van der Waals surface area (Å²) in [5.74, 6) is 0.937. The number of hydrogen-bond acceptors (Lipinski definition) is 8. The molecule has 0 radical (unpaired) electrons. The van der Waals surface area contributed by atoms with Gasteiger partial charge in [-0.15, -0.1) is 0 Å². The van der Waals surface area contributed by atoms with Gasteiger partial charge < -0.3 is 18.9 Å². The van der Waals surface area contributed by atoms with Crippen LogP contribution in [0.1, 0.15) is 47.2 Å². The number of nitrogens with zero attached hydrogens (tertiary/aromatic N) is 1. The van der Waals surface area contributed by atoms with Crippen LogP contribution < -0.4 is 14.8 Å². The first-order chi connectivity index (χ1) is 19.9. The molecule has 0 bridgehead atoms. The number of thioether (sulfide) groups is 1. The molecule has 1 atom stereocenters. The van der Waals surface area contributed by atoms with E-state index in [4.69, 9.17) is 23.9 Å². The van der Waals surface area contributed by atoms with Crippen LogP contribution in [0, 0.1) is 20.8 Å². The average Bonchev–Trinajstić information content (AvgIpc) is 3.28. The summed E-state index contributed by atoms with van der Waals surface area (Å²) in [5.41, 5.74) is 7.22. The van der Waals surface area contributed by atoms with Crippen molar-refractivity contribution in [2.45, 2.75) is 52.9 Å². The second kappa shape index (κ2) is 13.3. The number of ether oxygens (including phenoxy) is 4. The van der Waals surface area contributed by atoms with Gasteiger partial charge in [0.05, 0.1) is 11.5 Å². The fourth-order valence-electron chi connectivity index (χ4n) is 4.95. The lowest BCUT2D eigenvalue weighted by Crippen LogP contribution is -2.24. The molecule has 0 saturated carbocycles. The molecule has 3 aromatic rings. The number of imide groups is 1. The monoisotopic (exact) mass is 574 g/mol. The maximum atomic E-state index is 11.8. The molecule has 2 aromatic carbocycles. The maximum Gasteiger partial charge on any atom is 0.290 e. The summed E-state index contributed by atoms with van der Waals surface area (Å²) in [6.45, 7) is 8.23. The lowest BCUT2D eigenvalue weighted by Gasteiger charge is -2.22. The molecule has 214 valence electrons. The SMILES string of the molecule is Cc1cc(OCCOC2CCCCO2)nc(C)c1-c1cccc(COc2ccc(/C=C3\SC(=O)NC3=O)cc2)c1C. The Morgan fingerprint density at radius 2 is 1.88 bits per heavy atom. The van der Waals surface area contributed by atoms with Crippen molar-refractivity contribution in [1.29, 1.82) is 0 Å². The van der Waals surface area contributed by atoms with Gasteiger partial charge in [-0.2, -0.15) is 0 Å². The molecule has 0 spiro atoms. The Morgan fingerprint density at radius 1 is 1.05 bits per heavy atom. The summed E-state index contributed by atoms with van der Waals surface area (Å²) in [6, 6.07) is 15.6. The summed E-state index contributed by atoms with van der Waals surface area (Å²) in [4.78, 5) is 28.3. The van der Waals surface area contributed by atoms with E-state index in [1.807, 2.05) is 43.3 Å². The van der Waals surface area contributed by atoms with Crippen LogP contribution in [0.25, 0.3) is 17.2 Å². The standard InChI is InChI=1S/C32H34N2O6S/c1-20-17-28(37-15-16-39-29-9-4-5-14-38-29)33-22(3)30(20)26-8-6-7-24(21(26)2)19-40-25-12-10-23(11-13-25)18-27-31(35)34-32(36)41-27/h6-8,10-13,17-18,29H,4-5,9,14-16,19H2,1-3H3,(H,34,35,36)/b27-18-. The molecule has 2 amide bonds. The van der Waals surface area contributed by atoms with Gasteiger partial charge in [0.2, 0.25) is 5.88 Å². The van der Waals surface area contributed by atoms with Crippen LogP contribution in [0.2, 0.25) is 0 Å². The minimum atomic E-state index is -0.367. The summed E-state index contributed by atoms with van der Waals surface area (Å²) >= 11 is 0.903. The van der Waals surface area contributed by atoms with Crippen molar-refractivity contribution in [3.63, 3.8) is 0 Å². The fourth-order valence-corrected chi connectivity index (χ4v) is 5.63. The van der Waals surface area contributed by atoms with E-state index in [2.05, 4.69) is 31.3 Å². The fraction of sp³-hybridized carbons (Fsp3) is 0.344. The number of amides is 2. The largest absolute Gasteiger partial charge is 0.489 e. The van der Waals surface area contributed by atoms with Crippen LogP contribution in [0.5, 0.6) is 11.6 Å². The summed E-state index contributed by atoms with van der Waals surface area (Å²) in [5, 5.41) is 1.91. The number of pyridine rings is 1. The van der Waals surface area contributed by atoms with Gasteiger partial charge in [0, 0.05) is 23.9 Å². The predicted octanol–water partition coefficient (Wildman–Crippen LogP) is 6.50. The van der Waals surface area contributed by atoms with Crippen LogP contribution >= 0.6 is 11.8 Å². The van der Waals surface area contributed by atoms with Gasteiger partial charge in [-0.05, 0) is 97.8 Å². The van der Waals surface area contributed by atoms with Crippen LogP contribution in [0.15, 0.2) is 53.4 Å². The van der Waals surface area contributed by atoms with Gasteiger partial charge in [0.15, 0.2) is 6.29 Å². The van der Waals surface area contributed by atoms with Crippen molar-refractivity contribution in [2.24, 2.45) is 0 Å². The molecular formula is C32H34N2O6S. The lowest BCUT2D eigenvalue weighted by molar-refractivity contribution is -0.165. The minimum absolute atomic E-state index is 0.124. The molecule has 2 saturated heterocycles. The molecule has 2 fully saturated rings. The third-order valence-corrected chi connectivity index (χ3v) is 7.89. The van der Waals surface area contributed by atoms with E-state index >= 15 is 0 Å². The zero-order valence-corrected chi connectivity index (χ0v) is 24.3. The maximum absolute atomic E-state index is 11.8. The second-order valence-electron chi connectivity index (χ2n) is 10.1. The Bertz CT molecular complexity index is 1420. The Morgan fingerprint density at radius 3 is 2.59 bits per heavy atom. The lowest BCUT2D eigenvalue weighted by atomic mass is 9.93. The van der Waals surface area contributed by atoms with Crippen molar-refractivity contribution < 1.29 is 28.5 Å². The van der Waals surface area contributed by atoms with E-state index < -0.39 is 0 Å². The second-order valence-corrected chi connectivity index (χ2v) is 11.1. The highest BCUT2D eigenvalue weighted by molar-refractivity contribution is 8.18. The summed E-state index contributed by atoms with van der Waals surface area (Å²) < 4.78 is 23.4. The van der Waals surface area contributed by atoms with E-state index in [0.717, 1.165) is 76.7 Å². The number of aryl methyl sites for hydroxylation is 2.